The molecule has 2 saturated heterocycles. The van der Waals surface area contributed by atoms with Crippen LogP contribution in [0.1, 0.15) is 6.92 Å². The fraction of sp³-hybridized carbons (Fsp3) is 0.783. The van der Waals surface area contributed by atoms with Gasteiger partial charge in [-0.15, -0.1) is 0 Å². The summed E-state index contributed by atoms with van der Waals surface area (Å²) in [5.74, 6) is -2.67. The Morgan fingerprint density at radius 3 is 2.18 bits per heavy atom. The molecule has 1 aliphatic carbocycles. The molecule has 0 saturated carbocycles. The topological polar surface area (TPSA) is 234 Å². The second-order valence-corrected chi connectivity index (χ2v) is 9.68. The van der Waals surface area contributed by atoms with Crippen LogP contribution in [0.3, 0.4) is 0 Å². The summed E-state index contributed by atoms with van der Waals surface area (Å²) < 4.78 is 32.7. The maximum Gasteiger partial charge on any atom is 0.337 e. The zero-order valence-corrected chi connectivity index (χ0v) is 20.6. The number of rotatable bonds is 7. The fourth-order valence-corrected chi connectivity index (χ4v) is 5.11. The lowest BCUT2D eigenvalue weighted by molar-refractivity contribution is -0.340. The standard InChI is InChI=1S/C23H34O15/c1-7-14(26)16(28)18(30)22(36-7)34-5-8-3-10(25)13-9(20(32)33-2)6-35-21(12(8)13)38-23-19(31)17(29)15(27)11(4-24)37-23/h3,6-7,10-19,21-31H,4-5H2,1-2H3. The zero-order valence-electron chi connectivity index (χ0n) is 20.6. The van der Waals surface area contributed by atoms with Crippen molar-refractivity contribution in [1.82, 2.24) is 0 Å². The molecule has 3 aliphatic heterocycles. The minimum absolute atomic E-state index is 0.0222. The fourth-order valence-electron chi connectivity index (χ4n) is 5.11. The first-order valence-electron chi connectivity index (χ1n) is 12.1. The first kappa shape index (κ1) is 29.3. The highest BCUT2D eigenvalue weighted by atomic mass is 16.8. The molecule has 15 nitrogen and oxygen atoms in total. The normalized spacial score (nSPS) is 47.0. The molecule has 0 amide bonds. The van der Waals surface area contributed by atoms with E-state index in [0.29, 0.717) is 5.57 Å². The van der Waals surface area contributed by atoms with E-state index in [1.807, 2.05) is 0 Å². The Morgan fingerprint density at radius 1 is 0.868 bits per heavy atom. The van der Waals surface area contributed by atoms with Gasteiger partial charge < -0.3 is 69.3 Å². The quantitative estimate of drug-likeness (QED) is 0.110. The molecule has 8 N–H and O–H groups in total. The van der Waals surface area contributed by atoms with E-state index in [1.54, 1.807) is 0 Å². The number of aliphatic hydroxyl groups is 8. The van der Waals surface area contributed by atoms with Crippen LogP contribution in [0.2, 0.25) is 0 Å². The van der Waals surface area contributed by atoms with Crippen molar-refractivity contribution >= 4 is 5.97 Å². The van der Waals surface area contributed by atoms with Crippen LogP contribution in [0.4, 0.5) is 0 Å². The average molecular weight is 551 g/mol. The number of carbonyl (C=O) groups excluding carboxylic acids is 1. The summed E-state index contributed by atoms with van der Waals surface area (Å²) >= 11 is 0. The summed E-state index contributed by atoms with van der Waals surface area (Å²) in [7, 11) is 1.15. The minimum atomic E-state index is -1.74. The van der Waals surface area contributed by atoms with Crippen LogP contribution < -0.4 is 0 Å². The maximum atomic E-state index is 12.4. The van der Waals surface area contributed by atoms with Crippen LogP contribution in [0.15, 0.2) is 23.5 Å². The molecule has 4 rings (SSSR count). The Kier molecular flexibility index (Phi) is 9.08. The molecule has 38 heavy (non-hydrogen) atoms. The molecule has 15 heteroatoms. The molecule has 14 unspecified atom stereocenters. The van der Waals surface area contributed by atoms with Gasteiger partial charge in [-0.05, 0) is 12.5 Å². The third-order valence-electron chi connectivity index (χ3n) is 7.31. The van der Waals surface area contributed by atoms with Crippen molar-refractivity contribution in [2.45, 2.75) is 80.7 Å². The number of fused-ring (bicyclic) bond motifs is 1. The third-order valence-corrected chi connectivity index (χ3v) is 7.31. The van der Waals surface area contributed by atoms with E-state index in [2.05, 4.69) is 0 Å². The van der Waals surface area contributed by atoms with E-state index in [0.717, 1.165) is 13.4 Å². The number of hydrogen-bond donors (Lipinski definition) is 8. The van der Waals surface area contributed by atoms with Crippen molar-refractivity contribution in [1.29, 1.82) is 0 Å². The largest absolute Gasteiger partial charge is 0.471 e. The summed E-state index contributed by atoms with van der Waals surface area (Å²) in [5.41, 5.74) is 0.307. The Morgan fingerprint density at radius 2 is 1.53 bits per heavy atom. The van der Waals surface area contributed by atoms with Gasteiger partial charge >= 0.3 is 5.97 Å². The van der Waals surface area contributed by atoms with Crippen molar-refractivity contribution in [3.05, 3.63) is 23.5 Å². The lowest BCUT2D eigenvalue weighted by atomic mass is 9.82. The summed E-state index contributed by atoms with van der Waals surface area (Å²) in [5, 5.41) is 81.0. The van der Waals surface area contributed by atoms with Gasteiger partial charge in [-0.25, -0.2) is 4.79 Å². The highest BCUT2D eigenvalue weighted by Crippen LogP contribution is 2.45. The molecule has 0 aromatic carbocycles. The molecular formula is C23H34O15. The highest BCUT2D eigenvalue weighted by molar-refractivity contribution is 5.89. The van der Waals surface area contributed by atoms with Gasteiger partial charge in [-0.2, -0.15) is 0 Å². The van der Waals surface area contributed by atoms with Crippen molar-refractivity contribution in [2.75, 3.05) is 20.3 Å². The Balaban J connectivity index is 1.55. The molecule has 2 fully saturated rings. The van der Waals surface area contributed by atoms with Crippen LogP contribution in [-0.2, 0) is 33.2 Å². The molecule has 0 aromatic heterocycles. The van der Waals surface area contributed by atoms with Gasteiger partial charge in [0.05, 0.1) is 50.3 Å². The van der Waals surface area contributed by atoms with Crippen molar-refractivity contribution in [3.8, 4) is 0 Å². The predicted molar refractivity (Wildman–Crippen MR) is 119 cm³/mol. The maximum absolute atomic E-state index is 12.4. The molecular weight excluding hydrogens is 516 g/mol. The van der Waals surface area contributed by atoms with Crippen LogP contribution in [0.25, 0.3) is 0 Å². The third kappa shape index (κ3) is 5.34. The second-order valence-electron chi connectivity index (χ2n) is 9.68. The molecule has 3 heterocycles. The molecule has 4 aliphatic rings. The van der Waals surface area contributed by atoms with Gasteiger partial charge in [0.25, 0.3) is 0 Å². The average Bonchev–Trinajstić information content (AvgIpc) is 3.25. The number of hydrogen-bond acceptors (Lipinski definition) is 15. The van der Waals surface area contributed by atoms with Gasteiger partial charge in [0, 0.05) is 5.92 Å². The zero-order chi connectivity index (χ0) is 27.9. The van der Waals surface area contributed by atoms with Crippen molar-refractivity contribution in [2.24, 2.45) is 11.8 Å². The molecule has 14 atom stereocenters. The van der Waals surface area contributed by atoms with E-state index < -0.39 is 98.2 Å². The lowest BCUT2D eigenvalue weighted by Gasteiger charge is -2.43. The number of carbonyl (C=O) groups is 1. The number of aliphatic hydroxyl groups excluding tert-OH is 8. The highest BCUT2D eigenvalue weighted by Gasteiger charge is 2.52. The summed E-state index contributed by atoms with van der Waals surface area (Å²) in [6.07, 6.45) is -14.7. The van der Waals surface area contributed by atoms with E-state index in [-0.39, 0.29) is 12.2 Å². The smallest absolute Gasteiger partial charge is 0.337 e. The Bertz CT molecular complexity index is 907. The molecule has 216 valence electrons. The van der Waals surface area contributed by atoms with Crippen LogP contribution in [0, 0.1) is 11.8 Å². The van der Waals surface area contributed by atoms with Crippen molar-refractivity contribution < 1.29 is 74.1 Å². The molecule has 0 spiro atoms. The Hall–Kier alpha value is -1.73. The van der Waals surface area contributed by atoms with Gasteiger partial charge in [-0.1, -0.05) is 6.08 Å². The molecule has 0 aromatic rings. The number of methoxy groups -OCH3 is 1. The van der Waals surface area contributed by atoms with E-state index >= 15 is 0 Å². The monoisotopic (exact) mass is 550 g/mol. The second kappa shape index (κ2) is 11.8. The SMILES string of the molecule is COC(=O)C1=COC(OC2OC(CO)C(O)C(O)C2O)C2C(COC3OC(C)C(O)C(O)C3O)=CC(O)C12. The number of ether oxygens (including phenoxy) is 6. The first-order valence-corrected chi connectivity index (χ1v) is 12.1. The lowest BCUT2D eigenvalue weighted by Crippen LogP contribution is -2.60. The van der Waals surface area contributed by atoms with Gasteiger partial charge in [0.2, 0.25) is 6.29 Å². The van der Waals surface area contributed by atoms with Gasteiger partial charge in [0.1, 0.15) is 42.7 Å². The summed E-state index contributed by atoms with van der Waals surface area (Å²) in [4.78, 5) is 12.4. The molecule has 0 radical (unpaired) electrons. The summed E-state index contributed by atoms with van der Waals surface area (Å²) in [6, 6.07) is 0. The van der Waals surface area contributed by atoms with Crippen LogP contribution in [0.5, 0.6) is 0 Å². The van der Waals surface area contributed by atoms with Crippen LogP contribution in [-0.4, -0.2) is 141 Å². The number of esters is 1. The predicted octanol–water partition coefficient (Wildman–Crippen LogP) is -4.41. The van der Waals surface area contributed by atoms with Crippen molar-refractivity contribution in [3.63, 3.8) is 0 Å². The van der Waals surface area contributed by atoms with E-state index in [9.17, 15) is 45.6 Å². The Labute approximate surface area is 217 Å². The van der Waals surface area contributed by atoms with Gasteiger partial charge in [0.15, 0.2) is 12.6 Å². The first-order chi connectivity index (χ1) is 18.0. The van der Waals surface area contributed by atoms with E-state index in [4.69, 9.17) is 28.4 Å². The summed E-state index contributed by atoms with van der Waals surface area (Å²) in [6.45, 7) is 0.495. The van der Waals surface area contributed by atoms with E-state index in [1.165, 1.54) is 13.0 Å². The van der Waals surface area contributed by atoms with Crippen LogP contribution >= 0.6 is 0 Å². The van der Waals surface area contributed by atoms with Gasteiger partial charge in [-0.3, -0.25) is 0 Å². The molecule has 0 bridgehead atoms. The minimum Gasteiger partial charge on any atom is -0.471 e.